The number of ether oxygens (including phenoxy) is 1. The lowest BCUT2D eigenvalue weighted by molar-refractivity contribution is -0.131. The van der Waals surface area contributed by atoms with Gasteiger partial charge in [-0.2, -0.15) is 0 Å². The molecule has 1 N–H and O–H groups in total. The van der Waals surface area contributed by atoms with E-state index in [1.165, 1.54) is 18.2 Å². The highest BCUT2D eigenvalue weighted by atomic mass is 35.5. The molecule has 2 rings (SSSR count). The summed E-state index contributed by atoms with van der Waals surface area (Å²) in [7, 11) is 0. The number of aryl methyl sites for hydroxylation is 1. The fourth-order valence-corrected chi connectivity index (χ4v) is 1.89. The van der Waals surface area contributed by atoms with Crippen LogP contribution in [0.2, 0.25) is 5.02 Å². The normalized spacial score (nSPS) is 10.8. The highest BCUT2D eigenvalue weighted by Crippen LogP contribution is 2.29. The molecule has 0 radical (unpaired) electrons. The minimum atomic E-state index is -1.07. The van der Waals surface area contributed by atoms with E-state index in [-0.39, 0.29) is 5.82 Å². The van der Waals surface area contributed by atoms with E-state index in [1.807, 2.05) is 0 Å². The van der Waals surface area contributed by atoms with Crippen molar-refractivity contribution in [1.29, 1.82) is 0 Å². The smallest absolute Gasteiger partial charge is 0.328 e. The van der Waals surface area contributed by atoms with Gasteiger partial charge in [-0.25, -0.2) is 9.18 Å². The average Bonchev–Trinajstić information content (AvgIpc) is 2.43. The lowest BCUT2D eigenvalue weighted by atomic mass is 10.2. The second kappa shape index (κ2) is 6.41. The Bertz CT molecular complexity index is 711. The van der Waals surface area contributed by atoms with Crippen molar-refractivity contribution in [2.45, 2.75) is 6.92 Å². The molecule has 0 saturated heterocycles. The Hall–Kier alpha value is -2.33. The summed E-state index contributed by atoms with van der Waals surface area (Å²) in [5.74, 6) is -0.493. The van der Waals surface area contributed by atoms with Gasteiger partial charge in [0.25, 0.3) is 0 Å². The number of benzene rings is 2. The Labute approximate surface area is 126 Å². The minimum Gasteiger partial charge on any atom is -0.478 e. The summed E-state index contributed by atoms with van der Waals surface area (Å²) >= 11 is 5.89. The number of carboxylic acids is 1. The fraction of sp³-hybridized carbons (Fsp3) is 0.0625. The van der Waals surface area contributed by atoms with Crippen LogP contribution in [0.25, 0.3) is 6.08 Å². The molecule has 0 amide bonds. The van der Waals surface area contributed by atoms with E-state index in [0.29, 0.717) is 27.6 Å². The molecular formula is C16H12ClFO3. The van der Waals surface area contributed by atoms with Crippen molar-refractivity contribution < 1.29 is 19.0 Å². The third-order valence-electron chi connectivity index (χ3n) is 2.73. The second-order valence-corrected chi connectivity index (χ2v) is 4.80. The van der Waals surface area contributed by atoms with E-state index in [2.05, 4.69) is 0 Å². The lowest BCUT2D eigenvalue weighted by Gasteiger charge is -2.10. The highest BCUT2D eigenvalue weighted by molar-refractivity contribution is 6.30. The molecule has 2 aromatic carbocycles. The Morgan fingerprint density at radius 3 is 2.71 bits per heavy atom. The van der Waals surface area contributed by atoms with Crippen molar-refractivity contribution in [3.63, 3.8) is 0 Å². The van der Waals surface area contributed by atoms with Gasteiger partial charge in [-0.05, 0) is 55.0 Å². The van der Waals surface area contributed by atoms with Crippen LogP contribution in [0.1, 0.15) is 11.1 Å². The molecule has 0 spiro atoms. The molecular weight excluding hydrogens is 295 g/mol. The second-order valence-electron chi connectivity index (χ2n) is 4.37. The topological polar surface area (TPSA) is 46.5 Å². The molecule has 0 unspecified atom stereocenters. The van der Waals surface area contributed by atoms with Crippen molar-refractivity contribution in [2.24, 2.45) is 0 Å². The van der Waals surface area contributed by atoms with Crippen molar-refractivity contribution in [3.05, 3.63) is 64.4 Å². The summed E-state index contributed by atoms with van der Waals surface area (Å²) in [4.78, 5) is 10.6. The number of carbonyl (C=O) groups is 1. The Morgan fingerprint density at radius 1 is 1.29 bits per heavy atom. The van der Waals surface area contributed by atoms with E-state index in [4.69, 9.17) is 21.4 Å². The van der Waals surface area contributed by atoms with Crippen LogP contribution in [-0.4, -0.2) is 11.1 Å². The SMILES string of the molecule is Cc1cc(Oc2ccc(Cl)cc2/C=C/C(=O)O)ccc1F. The van der Waals surface area contributed by atoms with Crippen molar-refractivity contribution in [3.8, 4) is 11.5 Å². The third-order valence-corrected chi connectivity index (χ3v) is 2.97. The zero-order valence-electron chi connectivity index (χ0n) is 11.1. The molecule has 0 heterocycles. The number of rotatable bonds is 4. The summed E-state index contributed by atoms with van der Waals surface area (Å²) in [6, 6.07) is 9.23. The van der Waals surface area contributed by atoms with Gasteiger partial charge in [-0.1, -0.05) is 11.6 Å². The van der Waals surface area contributed by atoms with Gasteiger partial charge in [0.1, 0.15) is 17.3 Å². The van der Waals surface area contributed by atoms with Crippen LogP contribution < -0.4 is 4.74 Å². The molecule has 0 aliphatic heterocycles. The van der Waals surface area contributed by atoms with Crippen molar-refractivity contribution in [2.75, 3.05) is 0 Å². The standard InChI is InChI=1S/C16H12ClFO3/c1-10-8-13(4-5-14(10)18)21-15-6-3-12(17)9-11(15)2-7-16(19)20/h2-9H,1H3,(H,19,20)/b7-2+. The molecule has 0 aromatic heterocycles. The van der Waals surface area contributed by atoms with Gasteiger partial charge in [0.05, 0.1) is 0 Å². The summed E-state index contributed by atoms with van der Waals surface area (Å²) in [6.45, 7) is 1.63. The Balaban J connectivity index is 2.34. The maximum absolute atomic E-state index is 13.2. The molecule has 0 atom stereocenters. The maximum atomic E-state index is 13.2. The van der Waals surface area contributed by atoms with Crippen LogP contribution in [0.15, 0.2) is 42.5 Å². The zero-order valence-corrected chi connectivity index (χ0v) is 11.9. The number of halogens is 2. The molecule has 21 heavy (non-hydrogen) atoms. The monoisotopic (exact) mass is 306 g/mol. The summed E-state index contributed by atoms with van der Waals surface area (Å²) < 4.78 is 18.9. The quantitative estimate of drug-likeness (QED) is 0.834. The van der Waals surface area contributed by atoms with Crippen LogP contribution in [0.4, 0.5) is 4.39 Å². The molecule has 108 valence electrons. The van der Waals surface area contributed by atoms with Crippen LogP contribution in [0.5, 0.6) is 11.5 Å². The molecule has 3 nitrogen and oxygen atoms in total. The van der Waals surface area contributed by atoms with Gasteiger partial charge in [0, 0.05) is 16.7 Å². The van der Waals surface area contributed by atoms with Crippen LogP contribution in [-0.2, 0) is 4.79 Å². The van der Waals surface area contributed by atoms with E-state index in [0.717, 1.165) is 6.08 Å². The molecule has 0 aliphatic rings. The number of aliphatic carboxylic acids is 1. The van der Waals surface area contributed by atoms with Gasteiger partial charge in [0.2, 0.25) is 0 Å². The van der Waals surface area contributed by atoms with Gasteiger partial charge in [-0.3, -0.25) is 0 Å². The predicted octanol–water partition coefficient (Wildman–Crippen LogP) is 4.68. The van der Waals surface area contributed by atoms with Crippen LogP contribution >= 0.6 is 11.6 Å². The summed E-state index contributed by atoms with van der Waals surface area (Å²) in [5.41, 5.74) is 0.982. The van der Waals surface area contributed by atoms with Gasteiger partial charge < -0.3 is 9.84 Å². The first-order chi connectivity index (χ1) is 9.95. The molecule has 0 fully saturated rings. The van der Waals surface area contributed by atoms with Crippen LogP contribution in [0.3, 0.4) is 0 Å². The molecule has 0 saturated carbocycles. The Kier molecular flexibility index (Phi) is 4.60. The van der Waals surface area contributed by atoms with E-state index in [1.54, 1.807) is 31.2 Å². The van der Waals surface area contributed by atoms with Gasteiger partial charge >= 0.3 is 5.97 Å². The number of hydrogen-bond donors (Lipinski definition) is 1. The maximum Gasteiger partial charge on any atom is 0.328 e. The van der Waals surface area contributed by atoms with Gasteiger partial charge in [-0.15, -0.1) is 0 Å². The zero-order chi connectivity index (χ0) is 15.4. The molecule has 0 aliphatic carbocycles. The molecule has 2 aromatic rings. The Morgan fingerprint density at radius 2 is 2.05 bits per heavy atom. The van der Waals surface area contributed by atoms with Crippen molar-refractivity contribution in [1.82, 2.24) is 0 Å². The highest BCUT2D eigenvalue weighted by Gasteiger charge is 2.06. The first-order valence-corrected chi connectivity index (χ1v) is 6.48. The van der Waals surface area contributed by atoms with Crippen molar-refractivity contribution >= 4 is 23.6 Å². The largest absolute Gasteiger partial charge is 0.478 e. The predicted molar refractivity (Wildman–Crippen MR) is 79.3 cm³/mol. The number of carboxylic acid groups (broad SMARTS) is 1. The van der Waals surface area contributed by atoms with E-state index < -0.39 is 5.97 Å². The number of hydrogen-bond acceptors (Lipinski definition) is 2. The lowest BCUT2D eigenvalue weighted by Crippen LogP contribution is -1.91. The van der Waals surface area contributed by atoms with E-state index in [9.17, 15) is 9.18 Å². The summed E-state index contributed by atoms with van der Waals surface area (Å²) in [5, 5.41) is 9.15. The fourth-order valence-electron chi connectivity index (χ4n) is 1.71. The first kappa shape index (κ1) is 15.1. The first-order valence-electron chi connectivity index (χ1n) is 6.10. The average molecular weight is 307 g/mol. The van der Waals surface area contributed by atoms with Crippen LogP contribution in [0, 0.1) is 12.7 Å². The minimum absolute atomic E-state index is 0.315. The van der Waals surface area contributed by atoms with E-state index >= 15 is 0 Å². The summed E-state index contributed by atoms with van der Waals surface area (Å²) in [6.07, 6.45) is 2.38. The molecule has 5 heteroatoms. The molecule has 0 bridgehead atoms. The van der Waals surface area contributed by atoms with Gasteiger partial charge in [0.15, 0.2) is 0 Å². The third kappa shape index (κ3) is 4.07.